The summed E-state index contributed by atoms with van der Waals surface area (Å²) in [5, 5.41) is 0.389. The number of benzene rings is 2. The molecular formula is C19H15BrClNO4. The number of carbonyl (C=O) groups excluding carboxylic acids is 1. The Morgan fingerprint density at radius 3 is 2.81 bits per heavy atom. The summed E-state index contributed by atoms with van der Waals surface area (Å²) in [5.74, 6) is 0.676. The van der Waals surface area contributed by atoms with E-state index in [1.54, 1.807) is 18.2 Å². The molecule has 0 aliphatic carbocycles. The lowest BCUT2D eigenvalue weighted by atomic mass is 10.1. The van der Waals surface area contributed by atoms with Gasteiger partial charge in [0.05, 0.1) is 18.7 Å². The standard InChI is InChI=1S/C19H15BrClNO4/c1-3-25-17-14(21)7-11(9-16(17)24-2)8-15-19(23)26-18(22-15)12-5-4-6-13(20)10-12/h4-10H,3H2,1-2H3/b15-8-. The van der Waals surface area contributed by atoms with Gasteiger partial charge in [0, 0.05) is 10.0 Å². The summed E-state index contributed by atoms with van der Waals surface area (Å²) in [5.41, 5.74) is 1.54. The van der Waals surface area contributed by atoms with Gasteiger partial charge in [-0.1, -0.05) is 33.6 Å². The molecule has 1 aliphatic rings. The topological polar surface area (TPSA) is 57.1 Å². The maximum absolute atomic E-state index is 12.2. The maximum atomic E-state index is 12.2. The van der Waals surface area contributed by atoms with Crippen molar-refractivity contribution in [3.8, 4) is 11.5 Å². The summed E-state index contributed by atoms with van der Waals surface area (Å²) in [7, 11) is 1.53. The van der Waals surface area contributed by atoms with E-state index in [1.165, 1.54) is 7.11 Å². The predicted molar refractivity (Wildman–Crippen MR) is 104 cm³/mol. The number of aliphatic imine (C=N–C) groups is 1. The fraction of sp³-hybridized carbons (Fsp3) is 0.158. The Labute approximate surface area is 164 Å². The van der Waals surface area contributed by atoms with E-state index in [0.717, 1.165) is 4.47 Å². The molecule has 0 N–H and O–H groups in total. The largest absolute Gasteiger partial charge is 0.493 e. The Morgan fingerprint density at radius 2 is 2.12 bits per heavy atom. The minimum Gasteiger partial charge on any atom is -0.493 e. The molecular weight excluding hydrogens is 422 g/mol. The molecule has 0 saturated heterocycles. The monoisotopic (exact) mass is 435 g/mol. The summed E-state index contributed by atoms with van der Waals surface area (Å²) < 4.78 is 16.9. The molecule has 5 nitrogen and oxygen atoms in total. The van der Waals surface area contributed by atoms with Gasteiger partial charge < -0.3 is 14.2 Å². The molecule has 0 fully saturated rings. The first-order chi connectivity index (χ1) is 12.5. The highest BCUT2D eigenvalue weighted by molar-refractivity contribution is 9.10. The predicted octanol–water partition coefficient (Wildman–Crippen LogP) is 4.85. The number of hydrogen-bond acceptors (Lipinski definition) is 5. The molecule has 7 heteroatoms. The van der Waals surface area contributed by atoms with Gasteiger partial charge in [0.2, 0.25) is 5.90 Å². The molecule has 2 aromatic carbocycles. The third kappa shape index (κ3) is 3.92. The van der Waals surface area contributed by atoms with Crippen LogP contribution in [0.3, 0.4) is 0 Å². The van der Waals surface area contributed by atoms with E-state index in [4.69, 9.17) is 25.8 Å². The molecule has 0 atom stereocenters. The summed E-state index contributed by atoms with van der Waals surface area (Å²) >= 11 is 9.65. The molecule has 0 unspecified atom stereocenters. The van der Waals surface area contributed by atoms with Crippen LogP contribution in [0.2, 0.25) is 5.02 Å². The maximum Gasteiger partial charge on any atom is 0.363 e. The molecule has 2 aromatic rings. The summed E-state index contributed by atoms with van der Waals surface area (Å²) in [6.45, 7) is 2.32. The van der Waals surface area contributed by atoms with Crippen molar-refractivity contribution in [2.75, 3.05) is 13.7 Å². The average Bonchev–Trinajstić information content (AvgIpc) is 2.98. The first-order valence-corrected chi connectivity index (χ1v) is 8.97. The SMILES string of the molecule is CCOc1c(Cl)cc(/C=C2\N=C(c3cccc(Br)c3)OC2=O)cc1OC. The highest BCUT2D eigenvalue weighted by atomic mass is 79.9. The Hall–Kier alpha value is -2.31. The van der Waals surface area contributed by atoms with Gasteiger partial charge in [-0.2, -0.15) is 0 Å². The zero-order valence-electron chi connectivity index (χ0n) is 14.1. The van der Waals surface area contributed by atoms with Gasteiger partial charge in [-0.25, -0.2) is 9.79 Å². The zero-order chi connectivity index (χ0) is 18.7. The number of ether oxygens (including phenoxy) is 3. The van der Waals surface area contributed by atoms with Crippen molar-refractivity contribution in [3.63, 3.8) is 0 Å². The third-order valence-electron chi connectivity index (χ3n) is 3.54. The second-order valence-corrected chi connectivity index (χ2v) is 6.64. The molecule has 0 aromatic heterocycles. The number of carbonyl (C=O) groups is 1. The highest BCUT2D eigenvalue weighted by Gasteiger charge is 2.24. The van der Waals surface area contributed by atoms with Crippen molar-refractivity contribution in [1.82, 2.24) is 0 Å². The van der Waals surface area contributed by atoms with Crippen LogP contribution < -0.4 is 9.47 Å². The van der Waals surface area contributed by atoms with E-state index in [1.807, 2.05) is 31.2 Å². The molecule has 1 aliphatic heterocycles. The molecule has 0 spiro atoms. The van der Waals surface area contributed by atoms with E-state index in [0.29, 0.717) is 34.3 Å². The number of esters is 1. The zero-order valence-corrected chi connectivity index (χ0v) is 16.4. The second kappa shape index (κ2) is 7.93. The second-order valence-electron chi connectivity index (χ2n) is 5.31. The van der Waals surface area contributed by atoms with Crippen molar-refractivity contribution < 1.29 is 19.0 Å². The van der Waals surface area contributed by atoms with Crippen LogP contribution >= 0.6 is 27.5 Å². The van der Waals surface area contributed by atoms with Gasteiger partial charge in [0.15, 0.2) is 17.2 Å². The van der Waals surface area contributed by atoms with Crippen LogP contribution in [-0.4, -0.2) is 25.6 Å². The molecule has 0 radical (unpaired) electrons. The lowest BCUT2D eigenvalue weighted by Crippen LogP contribution is -2.05. The number of halogens is 2. The van der Waals surface area contributed by atoms with Crippen LogP contribution in [0.1, 0.15) is 18.1 Å². The first-order valence-electron chi connectivity index (χ1n) is 7.80. The Kier molecular flexibility index (Phi) is 5.64. The van der Waals surface area contributed by atoms with Crippen molar-refractivity contribution >= 4 is 45.5 Å². The number of rotatable bonds is 5. The van der Waals surface area contributed by atoms with E-state index >= 15 is 0 Å². The lowest BCUT2D eigenvalue weighted by Gasteiger charge is -2.11. The number of cyclic esters (lactones) is 1. The van der Waals surface area contributed by atoms with Gasteiger partial charge in [-0.15, -0.1) is 0 Å². The van der Waals surface area contributed by atoms with Crippen LogP contribution in [0.4, 0.5) is 0 Å². The first kappa shape index (κ1) is 18.5. The highest BCUT2D eigenvalue weighted by Crippen LogP contribution is 2.37. The molecule has 1 heterocycles. The molecule has 0 saturated carbocycles. The Bertz CT molecular complexity index is 924. The van der Waals surface area contributed by atoms with Gasteiger partial charge in [-0.05, 0) is 48.9 Å². The van der Waals surface area contributed by atoms with Crippen LogP contribution in [0.25, 0.3) is 6.08 Å². The normalized spacial score (nSPS) is 15.0. The number of nitrogens with zero attached hydrogens (tertiary/aromatic N) is 1. The molecule has 0 amide bonds. The molecule has 26 heavy (non-hydrogen) atoms. The van der Waals surface area contributed by atoms with Crippen LogP contribution in [0, 0.1) is 0 Å². The van der Waals surface area contributed by atoms with Crippen molar-refractivity contribution in [3.05, 3.63) is 62.7 Å². The van der Waals surface area contributed by atoms with E-state index in [-0.39, 0.29) is 11.6 Å². The lowest BCUT2D eigenvalue weighted by molar-refractivity contribution is -0.129. The van der Waals surface area contributed by atoms with Crippen molar-refractivity contribution in [1.29, 1.82) is 0 Å². The fourth-order valence-electron chi connectivity index (χ4n) is 2.42. The number of hydrogen-bond donors (Lipinski definition) is 0. The summed E-state index contributed by atoms with van der Waals surface area (Å²) in [6, 6.07) is 10.8. The number of methoxy groups -OCH3 is 1. The third-order valence-corrected chi connectivity index (χ3v) is 4.31. The van der Waals surface area contributed by atoms with Crippen LogP contribution in [0.5, 0.6) is 11.5 Å². The summed E-state index contributed by atoms with van der Waals surface area (Å²) in [6.07, 6.45) is 1.59. The summed E-state index contributed by atoms with van der Waals surface area (Å²) in [4.78, 5) is 16.4. The van der Waals surface area contributed by atoms with E-state index < -0.39 is 5.97 Å². The smallest absolute Gasteiger partial charge is 0.363 e. The average molecular weight is 437 g/mol. The van der Waals surface area contributed by atoms with Crippen LogP contribution in [0.15, 0.2) is 51.6 Å². The Morgan fingerprint density at radius 1 is 1.31 bits per heavy atom. The quantitative estimate of drug-likeness (QED) is 0.496. The van der Waals surface area contributed by atoms with Crippen molar-refractivity contribution in [2.45, 2.75) is 6.92 Å². The van der Waals surface area contributed by atoms with Crippen LogP contribution in [-0.2, 0) is 9.53 Å². The molecule has 3 rings (SSSR count). The Balaban J connectivity index is 1.97. The van der Waals surface area contributed by atoms with E-state index in [9.17, 15) is 4.79 Å². The van der Waals surface area contributed by atoms with Gasteiger partial charge >= 0.3 is 5.97 Å². The van der Waals surface area contributed by atoms with Gasteiger partial charge in [-0.3, -0.25) is 0 Å². The minimum absolute atomic E-state index is 0.183. The van der Waals surface area contributed by atoms with Gasteiger partial charge in [0.1, 0.15) is 0 Å². The van der Waals surface area contributed by atoms with Gasteiger partial charge in [0.25, 0.3) is 0 Å². The van der Waals surface area contributed by atoms with Crippen molar-refractivity contribution in [2.24, 2.45) is 4.99 Å². The minimum atomic E-state index is -0.524. The molecule has 134 valence electrons. The van der Waals surface area contributed by atoms with E-state index in [2.05, 4.69) is 20.9 Å². The fourth-order valence-corrected chi connectivity index (χ4v) is 3.09. The molecule has 0 bridgehead atoms.